The molecule has 0 unspecified atom stereocenters. The van der Waals surface area contributed by atoms with Crippen molar-refractivity contribution < 1.29 is 9.22 Å². The largest absolute Gasteiger partial charge is 0.414 e. The van der Waals surface area contributed by atoms with Gasteiger partial charge in [-0.15, -0.1) is 0 Å². The molecule has 0 N–H and O–H groups in total. The summed E-state index contributed by atoms with van der Waals surface area (Å²) in [6.07, 6.45) is 5.61. The molecule has 2 nitrogen and oxygen atoms in total. The summed E-state index contributed by atoms with van der Waals surface area (Å²) in [4.78, 5) is 12.3. The van der Waals surface area contributed by atoms with Crippen molar-refractivity contribution in [3.8, 4) is 0 Å². The third-order valence-electron chi connectivity index (χ3n) is 5.05. The number of Topliss-reactive ketones (excluding diaryl/α,β-unsaturated/α-hetero) is 1. The fourth-order valence-corrected chi connectivity index (χ4v) is 5.29. The van der Waals surface area contributed by atoms with E-state index in [1.807, 2.05) is 0 Å². The van der Waals surface area contributed by atoms with E-state index in [1.54, 1.807) is 0 Å². The highest BCUT2D eigenvalue weighted by molar-refractivity contribution is 6.69. The van der Waals surface area contributed by atoms with Gasteiger partial charge >= 0.3 is 0 Å². The minimum atomic E-state index is -1.47. The molecule has 2 saturated carbocycles. The van der Waals surface area contributed by atoms with Gasteiger partial charge in [-0.2, -0.15) is 0 Å². The number of carbonyl (C=O) groups is 1. The van der Waals surface area contributed by atoms with E-state index in [4.69, 9.17) is 4.43 Å². The highest BCUT2D eigenvalue weighted by Crippen LogP contribution is 2.51. The number of ketones is 1. The van der Waals surface area contributed by atoms with E-state index >= 15 is 0 Å². The van der Waals surface area contributed by atoms with Crippen LogP contribution in [0.2, 0.25) is 19.6 Å². The van der Waals surface area contributed by atoms with Gasteiger partial charge in [0.25, 0.3) is 0 Å². The van der Waals surface area contributed by atoms with E-state index in [2.05, 4.69) is 33.5 Å². The van der Waals surface area contributed by atoms with Gasteiger partial charge in [0, 0.05) is 17.9 Å². The molecule has 2 aliphatic rings. The molecule has 0 radical (unpaired) electrons. The number of rotatable bonds is 2. The molecule has 2 rings (SSSR count). The molecule has 4 atom stereocenters. The molecule has 3 heteroatoms. The van der Waals surface area contributed by atoms with Crippen molar-refractivity contribution >= 4 is 14.1 Å². The van der Waals surface area contributed by atoms with E-state index in [1.165, 1.54) is 6.42 Å². The summed E-state index contributed by atoms with van der Waals surface area (Å²) in [7, 11) is -1.47. The Kier molecular flexibility index (Phi) is 3.76. The summed E-state index contributed by atoms with van der Waals surface area (Å²) in [6, 6.07) is 0. The van der Waals surface area contributed by atoms with Crippen molar-refractivity contribution in [1.82, 2.24) is 0 Å². The van der Waals surface area contributed by atoms with Crippen LogP contribution in [-0.4, -0.2) is 20.2 Å². The third-order valence-corrected chi connectivity index (χ3v) is 6.06. The molecule has 18 heavy (non-hydrogen) atoms. The molecule has 0 aromatic heterocycles. The zero-order valence-corrected chi connectivity index (χ0v) is 13.6. The predicted octanol–water partition coefficient (Wildman–Crippen LogP) is 4.01. The van der Waals surface area contributed by atoms with Crippen molar-refractivity contribution in [1.29, 1.82) is 0 Å². The van der Waals surface area contributed by atoms with Crippen LogP contribution in [0.5, 0.6) is 0 Å². The normalized spacial score (nSPS) is 41.6. The van der Waals surface area contributed by atoms with Gasteiger partial charge in [-0.05, 0) is 57.2 Å². The van der Waals surface area contributed by atoms with Crippen LogP contribution >= 0.6 is 0 Å². The van der Waals surface area contributed by atoms with Gasteiger partial charge < -0.3 is 4.43 Å². The Bertz CT molecular complexity index is 334. The van der Waals surface area contributed by atoms with E-state index < -0.39 is 8.32 Å². The van der Waals surface area contributed by atoms with Crippen molar-refractivity contribution in [2.24, 2.45) is 17.3 Å². The Morgan fingerprint density at radius 3 is 2.56 bits per heavy atom. The Morgan fingerprint density at radius 1 is 1.28 bits per heavy atom. The van der Waals surface area contributed by atoms with Crippen LogP contribution in [0.1, 0.15) is 46.0 Å². The Hall–Kier alpha value is -0.153. The molecular formula is C15H28O2Si. The summed E-state index contributed by atoms with van der Waals surface area (Å²) in [5, 5.41) is 0. The van der Waals surface area contributed by atoms with E-state index in [9.17, 15) is 4.79 Å². The lowest BCUT2D eigenvalue weighted by Crippen LogP contribution is -2.51. The summed E-state index contributed by atoms with van der Waals surface area (Å²) < 4.78 is 6.35. The summed E-state index contributed by atoms with van der Waals surface area (Å²) in [5.41, 5.74) is -0.0447. The first-order chi connectivity index (χ1) is 8.24. The van der Waals surface area contributed by atoms with Gasteiger partial charge in [0.2, 0.25) is 0 Å². The SMILES string of the molecule is C[C@@H]1[C@@H](O[Si](C)(C)C)CC[C@]2(C)C(=O)CCC[C@@H]12. The van der Waals surface area contributed by atoms with Gasteiger partial charge in [-0.1, -0.05) is 13.8 Å². The van der Waals surface area contributed by atoms with Crippen molar-refractivity contribution in [3.63, 3.8) is 0 Å². The second-order valence-corrected chi connectivity index (χ2v) is 12.0. The zero-order valence-electron chi connectivity index (χ0n) is 12.6. The van der Waals surface area contributed by atoms with Crippen LogP contribution < -0.4 is 0 Å². The lowest BCUT2D eigenvalue weighted by atomic mass is 9.56. The first kappa shape index (κ1) is 14.3. The Balaban J connectivity index is 2.14. The zero-order chi connectivity index (χ0) is 13.6. The van der Waals surface area contributed by atoms with Crippen LogP contribution in [-0.2, 0) is 9.22 Å². The molecule has 2 fully saturated rings. The molecule has 0 heterocycles. The van der Waals surface area contributed by atoms with Gasteiger partial charge in [0.1, 0.15) is 5.78 Å². The van der Waals surface area contributed by atoms with Crippen LogP contribution in [0.4, 0.5) is 0 Å². The fourth-order valence-electron chi connectivity index (χ4n) is 4.05. The molecule has 2 aliphatic carbocycles. The Labute approximate surface area is 113 Å². The maximum atomic E-state index is 12.3. The molecule has 0 aromatic carbocycles. The molecule has 0 spiro atoms. The number of hydrogen-bond acceptors (Lipinski definition) is 2. The molecule has 0 amide bonds. The van der Waals surface area contributed by atoms with Crippen LogP contribution in [0.15, 0.2) is 0 Å². The number of carbonyl (C=O) groups excluding carboxylic acids is 1. The molecule has 0 aromatic rings. The first-order valence-corrected chi connectivity index (χ1v) is 10.9. The summed E-state index contributed by atoms with van der Waals surface area (Å²) >= 11 is 0. The first-order valence-electron chi connectivity index (χ1n) is 7.45. The Morgan fingerprint density at radius 2 is 1.94 bits per heavy atom. The maximum absolute atomic E-state index is 12.3. The highest BCUT2D eigenvalue weighted by atomic mass is 28.4. The smallest absolute Gasteiger partial charge is 0.184 e. The van der Waals surface area contributed by atoms with Crippen LogP contribution in [0.3, 0.4) is 0 Å². The van der Waals surface area contributed by atoms with Crippen molar-refractivity contribution in [2.45, 2.75) is 71.7 Å². The molecule has 104 valence electrons. The monoisotopic (exact) mass is 268 g/mol. The third kappa shape index (κ3) is 2.57. The predicted molar refractivity (Wildman–Crippen MR) is 77.1 cm³/mol. The summed E-state index contributed by atoms with van der Waals surface area (Å²) in [5.74, 6) is 1.60. The molecule has 0 aliphatic heterocycles. The number of fused-ring (bicyclic) bond motifs is 1. The van der Waals surface area contributed by atoms with Crippen LogP contribution in [0.25, 0.3) is 0 Å². The second-order valence-electron chi connectivity index (χ2n) is 7.51. The van der Waals surface area contributed by atoms with Crippen LogP contribution in [0, 0.1) is 17.3 Å². The molecule has 0 saturated heterocycles. The van der Waals surface area contributed by atoms with Gasteiger partial charge in [-0.25, -0.2) is 0 Å². The minimum absolute atomic E-state index is 0.0447. The highest BCUT2D eigenvalue weighted by Gasteiger charge is 2.50. The second kappa shape index (κ2) is 4.75. The molecular weight excluding hydrogens is 240 g/mol. The average Bonchev–Trinajstić information content (AvgIpc) is 2.24. The van der Waals surface area contributed by atoms with Gasteiger partial charge in [-0.3, -0.25) is 4.79 Å². The topological polar surface area (TPSA) is 26.3 Å². The number of hydrogen-bond donors (Lipinski definition) is 0. The lowest BCUT2D eigenvalue weighted by Gasteiger charge is -2.51. The van der Waals surface area contributed by atoms with Gasteiger partial charge in [0.15, 0.2) is 8.32 Å². The quantitative estimate of drug-likeness (QED) is 0.707. The van der Waals surface area contributed by atoms with Crippen molar-refractivity contribution in [3.05, 3.63) is 0 Å². The average molecular weight is 268 g/mol. The standard InChI is InChI=1S/C15H28O2Si/c1-11-12-7-6-8-14(16)15(12,2)10-9-13(11)17-18(3,4)5/h11-13H,6-10H2,1-5H3/t11-,12-,13-,15-/m0/s1. The molecule has 0 bridgehead atoms. The van der Waals surface area contributed by atoms with E-state index in [0.717, 1.165) is 25.7 Å². The van der Waals surface area contributed by atoms with E-state index in [-0.39, 0.29) is 5.41 Å². The van der Waals surface area contributed by atoms with Gasteiger partial charge in [0.05, 0.1) is 0 Å². The fraction of sp³-hybridized carbons (Fsp3) is 0.933. The van der Waals surface area contributed by atoms with E-state index in [0.29, 0.717) is 23.7 Å². The maximum Gasteiger partial charge on any atom is 0.184 e. The minimum Gasteiger partial charge on any atom is -0.414 e. The lowest BCUT2D eigenvalue weighted by molar-refractivity contribution is -0.142. The van der Waals surface area contributed by atoms with Crippen molar-refractivity contribution in [2.75, 3.05) is 0 Å². The summed E-state index contributed by atoms with van der Waals surface area (Å²) in [6.45, 7) is 11.3.